The molecule has 0 spiro atoms. The van der Waals surface area contributed by atoms with E-state index >= 15 is 0 Å². The summed E-state index contributed by atoms with van der Waals surface area (Å²) in [7, 11) is 0. The van der Waals surface area contributed by atoms with Crippen LogP contribution >= 0.6 is 0 Å². The Morgan fingerprint density at radius 3 is 2.32 bits per heavy atom. The highest BCUT2D eigenvalue weighted by molar-refractivity contribution is 5.85. The van der Waals surface area contributed by atoms with Crippen LogP contribution in [-0.4, -0.2) is 31.2 Å². The molecule has 0 aromatic heterocycles. The second-order valence-electron chi connectivity index (χ2n) is 5.15. The van der Waals surface area contributed by atoms with Gasteiger partial charge in [-0.05, 0) is 32.0 Å². The number of nitriles is 1. The highest BCUT2D eigenvalue weighted by Gasteiger charge is 2.38. The van der Waals surface area contributed by atoms with Crippen LogP contribution in [0.3, 0.4) is 0 Å². The van der Waals surface area contributed by atoms with Gasteiger partial charge in [-0.1, -0.05) is 0 Å². The molecule has 1 rings (SSSR count). The van der Waals surface area contributed by atoms with E-state index in [9.17, 15) is 31.1 Å². The first kappa shape index (κ1) is 20.6. The number of nitrogens with zero attached hydrogens (tertiary/aromatic N) is 2. The van der Waals surface area contributed by atoms with E-state index in [0.29, 0.717) is 11.0 Å². The fourth-order valence-corrected chi connectivity index (χ4v) is 2.15. The van der Waals surface area contributed by atoms with Crippen molar-refractivity contribution >= 4 is 11.6 Å². The Bertz CT molecular complexity index is 663. The topological polar surface area (TPSA) is 56.1 Å². The monoisotopic (exact) mass is 367 g/mol. The third kappa shape index (κ3) is 5.55. The molecule has 0 heterocycles. The summed E-state index contributed by atoms with van der Waals surface area (Å²) in [5.41, 5.74) is -2.53. The molecule has 0 saturated heterocycles. The number of carbonyl (C=O) groups excluding carboxylic acids is 1. The highest BCUT2D eigenvalue weighted by Crippen LogP contribution is 2.35. The van der Waals surface area contributed by atoms with Gasteiger partial charge in [0.25, 0.3) is 0 Å². The molecular formula is C15H15F6N3O. The predicted molar refractivity (Wildman–Crippen MR) is 77.7 cm³/mol. The molecule has 1 aromatic carbocycles. The van der Waals surface area contributed by atoms with Gasteiger partial charge >= 0.3 is 12.4 Å². The fourth-order valence-electron chi connectivity index (χ4n) is 2.15. The van der Waals surface area contributed by atoms with E-state index in [2.05, 4.69) is 5.32 Å². The lowest BCUT2D eigenvalue weighted by Crippen LogP contribution is -2.48. The van der Waals surface area contributed by atoms with Crippen molar-refractivity contribution in [3.8, 4) is 6.07 Å². The summed E-state index contributed by atoms with van der Waals surface area (Å²) in [6.45, 7) is 1.25. The number of likely N-dealkylation sites (N-methyl/N-ethyl adjacent to an activating group) is 1. The number of rotatable bonds is 5. The van der Waals surface area contributed by atoms with Crippen molar-refractivity contribution < 1.29 is 31.1 Å². The molecule has 0 aliphatic heterocycles. The first-order chi connectivity index (χ1) is 11.4. The van der Waals surface area contributed by atoms with Crippen molar-refractivity contribution in [3.63, 3.8) is 0 Å². The minimum atomic E-state index is -4.92. The normalized spacial score (nSPS) is 13.1. The van der Waals surface area contributed by atoms with Gasteiger partial charge in [-0.2, -0.15) is 31.6 Å². The van der Waals surface area contributed by atoms with Crippen molar-refractivity contribution in [2.24, 2.45) is 0 Å². The maximum atomic E-state index is 13.0. The molecule has 1 amide bonds. The maximum absolute atomic E-state index is 13.0. The van der Waals surface area contributed by atoms with Crippen molar-refractivity contribution in [1.29, 1.82) is 5.26 Å². The molecule has 0 aliphatic carbocycles. The van der Waals surface area contributed by atoms with E-state index in [4.69, 9.17) is 5.26 Å². The fraction of sp³-hybridized carbons (Fsp3) is 0.467. The van der Waals surface area contributed by atoms with Gasteiger partial charge in [0.05, 0.1) is 17.2 Å². The minimum absolute atomic E-state index is 0.157. The molecule has 138 valence electrons. The lowest BCUT2D eigenvalue weighted by atomic mass is 10.1. The van der Waals surface area contributed by atoms with Crippen LogP contribution in [0.15, 0.2) is 18.2 Å². The predicted octanol–water partition coefficient (Wildman–Crippen LogP) is 3.47. The molecule has 0 radical (unpaired) electrons. The van der Waals surface area contributed by atoms with Crippen LogP contribution in [0.5, 0.6) is 0 Å². The second-order valence-corrected chi connectivity index (χ2v) is 5.15. The van der Waals surface area contributed by atoms with E-state index < -0.39 is 47.7 Å². The van der Waals surface area contributed by atoms with E-state index in [0.717, 1.165) is 19.1 Å². The van der Waals surface area contributed by atoms with Gasteiger partial charge in [0, 0.05) is 12.2 Å². The lowest BCUT2D eigenvalue weighted by Gasteiger charge is -2.31. The standard InChI is InChI=1S/C15H15F6N3O/c1-3-23-13(25)9(2)24(8-14(16,17)18)11-5-4-10(7-22)12(6-11)15(19,20)21/h4-6,9H,3,8H2,1-2H3,(H,23,25). The molecule has 1 N–H and O–H groups in total. The van der Waals surface area contributed by atoms with Crippen LogP contribution < -0.4 is 10.2 Å². The smallest absolute Gasteiger partial charge is 0.355 e. The number of nitrogens with one attached hydrogen (secondary N) is 1. The molecule has 0 fully saturated rings. The summed E-state index contributed by atoms with van der Waals surface area (Å²) in [5.74, 6) is -0.760. The number of benzene rings is 1. The largest absolute Gasteiger partial charge is 0.417 e. The molecule has 10 heteroatoms. The second kappa shape index (κ2) is 7.63. The number of amides is 1. The van der Waals surface area contributed by atoms with Crippen LogP contribution in [0.2, 0.25) is 0 Å². The number of hydrogen-bond acceptors (Lipinski definition) is 3. The molecule has 1 aromatic rings. The van der Waals surface area contributed by atoms with Gasteiger partial charge in [0.1, 0.15) is 12.6 Å². The third-order valence-corrected chi connectivity index (χ3v) is 3.31. The molecule has 4 nitrogen and oxygen atoms in total. The molecule has 0 saturated carbocycles. The molecular weight excluding hydrogens is 352 g/mol. The summed E-state index contributed by atoms with van der Waals surface area (Å²) in [4.78, 5) is 12.4. The van der Waals surface area contributed by atoms with Gasteiger partial charge in [-0.15, -0.1) is 0 Å². The van der Waals surface area contributed by atoms with E-state index in [1.54, 1.807) is 6.92 Å². The van der Waals surface area contributed by atoms with Crippen molar-refractivity contribution in [2.75, 3.05) is 18.0 Å². The molecule has 0 aliphatic rings. The zero-order valence-corrected chi connectivity index (χ0v) is 13.3. The number of halogens is 6. The molecule has 1 atom stereocenters. The van der Waals surface area contributed by atoms with Gasteiger partial charge in [-0.3, -0.25) is 4.79 Å². The third-order valence-electron chi connectivity index (χ3n) is 3.31. The number of anilines is 1. The summed E-state index contributed by atoms with van der Waals surface area (Å²) in [6.07, 6.45) is -9.66. The van der Waals surface area contributed by atoms with E-state index in [1.807, 2.05) is 0 Å². The molecule has 1 unspecified atom stereocenters. The zero-order valence-electron chi connectivity index (χ0n) is 13.3. The van der Waals surface area contributed by atoms with Crippen molar-refractivity contribution in [2.45, 2.75) is 32.2 Å². The summed E-state index contributed by atoms with van der Waals surface area (Å²) in [5, 5.41) is 11.1. The first-order valence-corrected chi connectivity index (χ1v) is 7.13. The lowest BCUT2D eigenvalue weighted by molar-refractivity contribution is -0.137. The van der Waals surface area contributed by atoms with E-state index in [-0.39, 0.29) is 6.54 Å². The zero-order chi connectivity index (χ0) is 19.4. The highest BCUT2D eigenvalue weighted by atomic mass is 19.4. The van der Waals surface area contributed by atoms with Gasteiger partial charge in [-0.25, -0.2) is 0 Å². The first-order valence-electron chi connectivity index (χ1n) is 7.13. The number of carbonyl (C=O) groups is 1. The summed E-state index contributed by atoms with van der Waals surface area (Å²) < 4.78 is 77.6. The van der Waals surface area contributed by atoms with Gasteiger partial charge < -0.3 is 10.2 Å². The molecule has 0 bridgehead atoms. The van der Waals surface area contributed by atoms with E-state index in [1.165, 1.54) is 6.07 Å². The van der Waals surface area contributed by atoms with Gasteiger partial charge in [0.15, 0.2) is 0 Å². The maximum Gasteiger partial charge on any atom is 0.417 e. The SMILES string of the molecule is CCNC(=O)C(C)N(CC(F)(F)F)c1ccc(C#N)c(C(F)(F)F)c1. The van der Waals surface area contributed by atoms with Crippen LogP contribution in [0.25, 0.3) is 0 Å². The van der Waals surface area contributed by atoms with Crippen molar-refractivity contribution in [3.05, 3.63) is 29.3 Å². The Kier molecular flexibility index (Phi) is 6.29. The Balaban J connectivity index is 3.40. The van der Waals surface area contributed by atoms with Crippen LogP contribution in [0, 0.1) is 11.3 Å². The van der Waals surface area contributed by atoms with Gasteiger partial charge in [0.2, 0.25) is 5.91 Å². The average molecular weight is 367 g/mol. The van der Waals surface area contributed by atoms with Crippen LogP contribution in [0.1, 0.15) is 25.0 Å². The Hall–Kier alpha value is -2.44. The summed E-state index contributed by atoms with van der Waals surface area (Å²) >= 11 is 0. The number of alkyl halides is 6. The summed E-state index contributed by atoms with van der Waals surface area (Å²) in [6, 6.07) is 2.17. The van der Waals surface area contributed by atoms with Crippen LogP contribution in [0.4, 0.5) is 32.0 Å². The molecule has 25 heavy (non-hydrogen) atoms. The van der Waals surface area contributed by atoms with Crippen LogP contribution in [-0.2, 0) is 11.0 Å². The Labute approximate surface area is 140 Å². The Morgan fingerprint density at radius 1 is 1.28 bits per heavy atom. The minimum Gasteiger partial charge on any atom is -0.355 e. The average Bonchev–Trinajstić information content (AvgIpc) is 2.50. The van der Waals surface area contributed by atoms with Crippen molar-refractivity contribution in [1.82, 2.24) is 5.32 Å². The number of hydrogen-bond donors (Lipinski definition) is 1. The quantitative estimate of drug-likeness (QED) is 0.811. The Morgan fingerprint density at radius 2 is 1.88 bits per heavy atom.